The van der Waals surface area contributed by atoms with E-state index >= 15 is 0 Å². The monoisotopic (exact) mass is 400 g/mol. The minimum Gasteiger partial charge on any atom is -0.497 e. The van der Waals surface area contributed by atoms with Gasteiger partial charge in [0.05, 0.1) is 14.2 Å². The van der Waals surface area contributed by atoms with Crippen molar-refractivity contribution in [1.29, 1.82) is 0 Å². The van der Waals surface area contributed by atoms with Crippen molar-refractivity contribution in [3.63, 3.8) is 0 Å². The van der Waals surface area contributed by atoms with Crippen LogP contribution < -0.4 is 25.3 Å². The number of hydrogen-bond donors (Lipinski definition) is 2. The zero-order valence-electron chi connectivity index (χ0n) is 16.3. The van der Waals surface area contributed by atoms with Crippen LogP contribution in [0.3, 0.4) is 0 Å². The first-order valence-electron chi connectivity index (χ1n) is 8.92. The van der Waals surface area contributed by atoms with Gasteiger partial charge < -0.3 is 25.3 Å². The molecule has 0 radical (unpaired) electrons. The van der Waals surface area contributed by atoms with Gasteiger partial charge in [0.2, 0.25) is 0 Å². The number of nitrogen functional groups attached to an aromatic ring is 1. The second-order valence-corrected chi connectivity index (χ2v) is 6.12. The summed E-state index contributed by atoms with van der Waals surface area (Å²) in [4.78, 5) is 11.8. The van der Waals surface area contributed by atoms with Crippen LogP contribution in [0.2, 0.25) is 0 Å². The van der Waals surface area contributed by atoms with E-state index in [2.05, 4.69) is 15.5 Å². The van der Waals surface area contributed by atoms with E-state index in [-0.39, 0.29) is 22.6 Å². The highest BCUT2D eigenvalue weighted by Crippen LogP contribution is 2.40. The minimum absolute atomic E-state index is 0.0791. The number of carbonyl (C=O) groups is 1. The van der Waals surface area contributed by atoms with Crippen molar-refractivity contribution < 1.29 is 23.4 Å². The van der Waals surface area contributed by atoms with Gasteiger partial charge in [-0.2, -0.15) is 0 Å². The van der Waals surface area contributed by atoms with Crippen LogP contribution in [-0.4, -0.2) is 37.1 Å². The van der Waals surface area contributed by atoms with Gasteiger partial charge in [0.25, 0.3) is 5.88 Å². The fourth-order valence-electron chi connectivity index (χ4n) is 2.84. The summed E-state index contributed by atoms with van der Waals surface area (Å²) in [6.45, 7) is 2.36. The highest BCUT2D eigenvalue weighted by atomic mass is 19.1. The summed E-state index contributed by atoms with van der Waals surface area (Å²) in [6, 6.07) is 7.71. The molecule has 1 aromatic heterocycles. The average Bonchev–Trinajstić information content (AvgIpc) is 2.73. The topological polar surface area (TPSA) is 109 Å². The number of anilines is 1. The fraction of sp³-hybridized carbons (Fsp3) is 0.250. The number of methoxy groups -OCH3 is 2. The maximum Gasteiger partial charge on any atom is 0.414 e. The molecule has 0 fully saturated rings. The molecule has 152 valence electrons. The number of nitrogens with one attached hydrogen (secondary N) is 1. The molecule has 0 saturated carbocycles. The molecule has 3 aromatic rings. The van der Waals surface area contributed by atoms with E-state index in [4.69, 9.17) is 19.9 Å². The lowest BCUT2D eigenvalue weighted by atomic mass is 10.00. The van der Waals surface area contributed by atoms with Gasteiger partial charge in [-0.3, -0.25) is 0 Å². The molecule has 0 aliphatic heterocycles. The van der Waals surface area contributed by atoms with Crippen LogP contribution in [0.25, 0.3) is 22.0 Å². The second-order valence-electron chi connectivity index (χ2n) is 6.12. The smallest absolute Gasteiger partial charge is 0.414 e. The summed E-state index contributed by atoms with van der Waals surface area (Å²) < 4.78 is 30.5. The fourth-order valence-corrected chi connectivity index (χ4v) is 2.84. The summed E-state index contributed by atoms with van der Waals surface area (Å²) in [7, 11) is 3.00. The third kappa shape index (κ3) is 3.98. The molecular formula is C20H21FN4O4. The molecule has 29 heavy (non-hydrogen) atoms. The molecule has 0 aliphatic rings. The van der Waals surface area contributed by atoms with Crippen molar-refractivity contribution in [1.82, 2.24) is 15.5 Å². The zero-order valence-corrected chi connectivity index (χ0v) is 16.3. The summed E-state index contributed by atoms with van der Waals surface area (Å²) in [5.74, 6) is 0.287. The van der Waals surface area contributed by atoms with Gasteiger partial charge in [0, 0.05) is 29.1 Å². The maximum atomic E-state index is 14.8. The third-order valence-electron chi connectivity index (χ3n) is 4.28. The number of fused-ring (bicyclic) bond motifs is 1. The van der Waals surface area contributed by atoms with E-state index < -0.39 is 11.9 Å². The SMILES string of the molecule is CCCNC(=O)Oc1nnc2c(-c3ccc(OC)cc3OC)c(F)ccc2c1N. The van der Waals surface area contributed by atoms with Gasteiger partial charge in [0.1, 0.15) is 28.5 Å². The van der Waals surface area contributed by atoms with Gasteiger partial charge in [-0.1, -0.05) is 6.92 Å². The molecule has 1 heterocycles. The van der Waals surface area contributed by atoms with E-state index in [1.54, 1.807) is 18.2 Å². The largest absolute Gasteiger partial charge is 0.497 e. The van der Waals surface area contributed by atoms with Crippen LogP contribution in [0.1, 0.15) is 13.3 Å². The lowest BCUT2D eigenvalue weighted by molar-refractivity contribution is 0.198. The Morgan fingerprint density at radius 3 is 2.66 bits per heavy atom. The van der Waals surface area contributed by atoms with Gasteiger partial charge in [-0.05, 0) is 30.7 Å². The number of carbonyl (C=O) groups excluding carboxylic acids is 1. The summed E-state index contributed by atoms with van der Waals surface area (Å²) in [5, 5.41) is 10.9. The van der Waals surface area contributed by atoms with Crippen LogP contribution in [0, 0.1) is 5.82 Å². The third-order valence-corrected chi connectivity index (χ3v) is 4.28. The van der Waals surface area contributed by atoms with Crippen LogP contribution in [0.15, 0.2) is 30.3 Å². The van der Waals surface area contributed by atoms with E-state index in [1.165, 1.54) is 26.4 Å². The number of halogens is 1. The summed E-state index contributed by atoms with van der Waals surface area (Å²) >= 11 is 0. The lowest BCUT2D eigenvalue weighted by Gasteiger charge is -2.14. The maximum absolute atomic E-state index is 14.8. The Kier molecular flexibility index (Phi) is 5.96. The van der Waals surface area contributed by atoms with Gasteiger partial charge in [-0.15, -0.1) is 10.2 Å². The molecule has 9 heteroatoms. The molecule has 0 spiro atoms. The Bertz CT molecular complexity index is 1060. The van der Waals surface area contributed by atoms with Crippen molar-refractivity contribution in [3.8, 4) is 28.5 Å². The zero-order chi connectivity index (χ0) is 21.0. The van der Waals surface area contributed by atoms with E-state index in [9.17, 15) is 9.18 Å². The Balaban J connectivity index is 2.12. The normalized spacial score (nSPS) is 10.6. The van der Waals surface area contributed by atoms with Gasteiger partial charge >= 0.3 is 6.09 Å². The van der Waals surface area contributed by atoms with Gasteiger partial charge in [0.15, 0.2) is 0 Å². The molecule has 3 rings (SSSR count). The van der Waals surface area contributed by atoms with Gasteiger partial charge in [-0.25, -0.2) is 9.18 Å². The molecule has 8 nitrogen and oxygen atoms in total. The Labute approximate surface area is 166 Å². The quantitative estimate of drug-likeness (QED) is 0.651. The molecular weight excluding hydrogens is 379 g/mol. The van der Waals surface area contributed by atoms with Crippen molar-refractivity contribution in [3.05, 3.63) is 36.1 Å². The number of amides is 1. The van der Waals surface area contributed by atoms with Crippen molar-refractivity contribution in [2.75, 3.05) is 26.5 Å². The highest BCUT2D eigenvalue weighted by molar-refractivity contribution is 6.02. The van der Waals surface area contributed by atoms with Crippen LogP contribution in [0.4, 0.5) is 14.9 Å². The first kappa shape index (κ1) is 20.1. The minimum atomic E-state index is -0.689. The average molecular weight is 400 g/mol. The molecule has 1 amide bonds. The molecule has 0 saturated heterocycles. The highest BCUT2D eigenvalue weighted by Gasteiger charge is 2.20. The summed E-state index contributed by atoms with van der Waals surface area (Å²) in [5.41, 5.74) is 7.05. The van der Waals surface area contributed by atoms with Crippen LogP contribution in [0.5, 0.6) is 17.4 Å². The number of hydrogen-bond acceptors (Lipinski definition) is 7. The van der Waals surface area contributed by atoms with E-state index in [0.29, 0.717) is 29.0 Å². The lowest BCUT2D eigenvalue weighted by Crippen LogP contribution is -2.28. The molecule has 0 aliphatic carbocycles. The first-order chi connectivity index (χ1) is 14.0. The number of nitrogens with two attached hydrogens (primary N) is 1. The predicted molar refractivity (Wildman–Crippen MR) is 107 cm³/mol. The number of nitrogens with zero attached hydrogens (tertiary/aromatic N) is 2. The molecule has 3 N–H and O–H groups in total. The molecule has 0 unspecified atom stereocenters. The Morgan fingerprint density at radius 2 is 1.97 bits per heavy atom. The number of ether oxygens (including phenoxy) is 3. The standard InChI is InChI=1S/C20H21FN4O4/c1-4-9-23-20(26)29-19-17(22)13-7-8-14(21)16(18(13)24-25-19)12-6-5-11(27-2)10-15(12)28-3/h5-8,10H,4,9H2,1-3H3,(H2,22,24)(H,23,26). The van der Waals surface area contributed by atoms with Crippen molar-refractivity contribution in [2.45, 2.75) is 13.3 Å². The first-order valence-corrected chi connectivity index (χ1v) is 8.92. The van der Waals surface area contributed by atoms with Crippen LogP contribution in [-0.2, 0) is 0 Å². The van der Waals surface area contributed by atoms with Crippen LogP contribution >= 0.6 is 0 Å². The Hall–Kier alpha value is -3.62. The number of rotatable bonds is 6. The predicted octanol–water partition coefficient (Wildman–Crippen LogP) is 3.53. The Morgan fingerprint density at radius 1 is 1.17 bits per heavy atom. The molecule has 0 bridgehead atoms. The number of aromatic nitrogens is 2. The van der Waals surface area contributed by atoms with Crippen molar-refractivity contribution in [2.24, 2.45) is 0 Å². The van der Waals surface area contributed by atoms with Crippen molar-refractivity contribution >= 4 is 22.7 Å². The van der Waals surface area contributed by atoms with E-state index in [0.717, 1.165) is 6.42 Å². The second kappa shape index (κ2) is 8.59. The van der Waals surface area contributed by atoms with E-state index in [1.807, 2.05) is 6.92 Å². The summed E-state index contributed by atoms with van der Waals surface area (Å²) in [6.07, 6.45) is 0.0618. The molecule has 0 atom stereocenters. The number of benzene rings is 2. The molecule has 2 aromatic carbocycles.